The minimum absolute atomic E-state index is 0.0270. The van der Waals surface area contributed by atoms with Crippen LogP contribution in [0.2, 0.25) is 0 Å². The third-order valence-corrected chi connectivity index (χ3v) is 8.98. The van der Waals surface area contributed by atoms with Crippen LogP contribution in [0.25, 0.3) is 11.4 Å². The largest absolute Gasteiger partial charge is 0.350 e. The molecule has 7 rings (SSSR count). The molecule has 4 bridgehead atoms. The van der Waals surface area contributed by atoms with E-state index in [0.717, 1.165) is 34.3 Å². The molecule has 176 valence electrons. The Labute approximate surface area is 205 Å². The molecular weight excluding hydrogens is 442 g/mol. The maximum Gasteiger partial charge on any atom is 0.233 e. The number of thioether (sulfide) groups is 1. The minimum Gasteiger partial charge on any atom is -0.350 e. The van der Waals surface area contributed by atoms with Crippen molar-refractivity contribution in [1.29, 1.82) is 0 Å². The van der Waals surface area contributed by atoms with Crippen LogP contribution in [0.5, 0.6) is 0 Å². The number of amides is 1. The standard InChI is InChI=1S/C27H31N5OS/c1-18(25(33)29-27-13-20-10-21(14-27)12-22(11-20)15-27)34-26-31-30-24(23-8-5-9-28-16-23)32(26)17-19-6-3-2-4-7-19/h2-9,16,18,20-22H,10-15,17H2,1H3,(H,29,33). The number of rotatable bonds is 7. The lowest BCUT2D eigenvalue weighted by Crippen LogP contribution is -2.60. The minimum atomic E-state index is -0.242. The zero-order valence-corrected chi connectivity index (χ0v) is 20.4. The van der Waals surface area contributed by atoms with Gasteiger partial charge in [0.15, 0.2) is 11.0 Å². The molecule has 0 spiro atoms. The van der Waals surface area contributed by atoms with E-state index in [4.69, 9.17) is 0 Å². The highest BCUT2D eigenvalue weighted by molar-refractivity contribution is 8.00. The van der Waals surface area contributed by atoms with Gasteiger partial charge in [0.2, 0.25) is 5.91 Å². The summed E-state index contributed by atoms with van der Waals surface area (Å²) in [7, 11) is 0. The number of nitrogens with zero attached hydrogens (tertiary/aromatic N) is 4. The second-order valence-corrected chi connectivity index (χ2v) is 11.9. The lowest BCUT2D eigenvalue weighted by molar-refractivity contribution is -0.126. The molecule has 4 aliphatic rings. The Balaban J connectivity index is 1.22. The second-order valence-electron chi connectivity index (χ2n) is 10.6. The van der Waals surface area contributed by atoms with Gasteiger partial charge in [-0.2, -0.15) is 0 Å². The zero-order valence-electron chi connectivity index (χ0n) is 19.6. The summed E-state index contributed by atoms with van der Waals surface area (Å²) in [5.74, 6) is 3.33. The van der Waals surface area contributed by atoms with E-state index in [1.165, 1.54) is 55.9 Å². The van der Waals surface area contributed by atoms with E-state index in [2.05, 4.69) is 37.2 Å². The SMILES string of the molecule is CC(Sc1nnc(-c2cccnc2)n1Cc1ccccc1)C(=O)NC12CC3CC(CC(C3)C1)C2. The smallest absolute Gasteiger partial charge is 0.233 e. The Morgan fingerprint density at radius 3 is 2.41 bits per heavy atom. The van der Waals surface area contributed by atoms with Crippen molar-refractivity contribution in [3.8, 4) is 11.4 Å². The molecule has 1 N–H and O–H groups in total. The zero-order chi connectivity index (χ0) is 23.1. The number of nitrogens with one attached hydrogen (secondary N) is 1. The van der Waals surface area contributed by atoms with Gasteiger partial charge in [0, 0.05) is 23.5 Å². The van der Waals surface area contributed by atoms with Crippen LogP contribution in [0.15, 0.2) is 60.0 Å². The van der Waals surface area contributed by atoms with Gasteiger partial charge in [-0.05, 0) is 80.9 Å². The van der Waals surface area contributed by atoms with Crippen molar-refractivity contribution in [2.24, 2.45) is 17.8 Å². The molecule has 2 heterocycles. The monoisotopic (exact) mass is 473 g/mol. The van der Waals surface area contributed by atoms with E-state index in [9.17, 15) is 4.79 Å². The van der Waals surface area contributed by atoms with E-state index in [-0.39, 0.29) is 16.7 Å². The van der Waals surface area contributed by atoms with E-state index >= 15 is 0 Å². The summed E-state index contributed by atoms with van der Waals surface area (Å²) in [5, 5.41) is 13.0. The van der Waals surface area contributed by atoms with Crippen LogP contribution in [-0.2, 0) is 11.3 Å². The predicted molar refractivity (Wildman–Crippen MR) is 133 cm³/mol. The average molecular weight is 474 g/mol. The van der Waals surface area contributed by atoms with Gasteiger partial charge < -0.3 is 5.32 Å². The molecule has 4 aliphatic carbocycles. The van der Waals surface area contributed by atoms with Crippen molar-refractivity contribution in [3.05, 3.63) is 60.4 Å². The van der Waals surface area contributed by atoms with Crippen LogP contribution >= 0.6 is 11.8 Å². The van der Waals surface area contributed by atoms with Crippen LogP contribution in [0.3, 0.4) is 0 Å². The molecule has 0 saturated heterocycles. The molecular formula is C27H31N5OS. The van der Waals surface area contributed by atoms with Gasteiger partial charge in [-0.3, -0.25) is 14.3 Å². The molecule has 4 saturated carbocycles. The Bertz CT molecular complexity index is 1130. The van der Waals surface area contributed by atoms with Gasteiger partial charge in [0.1, 0.15) is 0 Å². The molecule has 1 amide bonds. The van der Waals surface area contributed by atoms with Crippen molar-refractivity contribution in [1.82, 2.24) is 25.1 Å². The van der Waals surface area contributed by atoms with Crippen molar-refractivity contribution in [2.45, 2.75) is 67.9 Å². The Morgan fingerprint density at radius 1 is 1.06 bits per heavy atom. The van der Waals surface area contributed by atoms with E-state index in [0.29, 0.717) is 6.54 Å². The number of carbonyl (C=O) groups excluding carboxylic acids is 1. The first kappa shape index (κ1) is 21.8. The summed E-state index contributed by atoms with van der Waals surface area (Å²) in [6, 6.07) is 14.2. The van der Waals surface area contributed by atoms with Crippen LogP contribution in [0.4, 0.5) is 0 Å². The predicted octanol–water partition coefficient (Wildman–Crippen LogP) is 4.95. The summed E-state index contributed by atoms with van der Waals surface area (Å²) in [6.07, 6.45) is 11.2. The average Bonchev–Trinajstić information content (AvgIpc) is 3.21. The second kappa shape index (κ2) is 8.84. The topological polar surface area (TPSA) is 72.7 Å². The van der Waals surface area contributed by atoms with E-state index < -0.39 is 0 Å². The first-order valence-corrected chi connectivity index (χ1v) is 13.3. The van der Waals surface area contributed by atoms with Gasteiger partial charge in [-0.25, -0.2) is 0 Å². The molecule has 0 aliphatic heterocycles. The summed E-state index contributed by atoms with van der Waals surface area (Å²) in [4.78, 5) is 17.6. The first-order valence-electron chi connectivity index (χ1n) is 12.4. The van der Waals surface area contributed by atoms with Crippen molar-refractivity contribution in [2.75, 3.05) is 0 Å². The summed E-state index contributed by atoms with van der Waals surface area (Å²) in [5.41, 5.74) is 2.11. The Kier molecular flexibility index (Phi) is 5.68. The quantitative estimate of drug-likeness (QED) is 0.492. The molecule has 1 atom stereocenters. The normalized spacial score (nSPS) is 28.1. The molecule has 0 radical (unpaired) electrons. The van der Waals surface area contributed by atoms with Gasteiger partial charge in [-0.1, -0.05) is 42.1 Å². The highest BCUT2D eigenvalue weighted by atomic mass is 32.2. The molecule has 2 aromatic heterocycles. The van der Waals surface area contributed by atoms with Gasteiger partial charge in [0.25, 0.3) is 0 Å². The highest BCUT2D eigenvalue weighted by Crippen LogP contribution is 2.55. The lowest BCUT2D eigenvalue weighted by atomic mass is 9.53. The number of hydrogen-bond acceptors (Lipinski definition) is 5. The molecule has 34 heavy (non-hydrogen) atoms. The van der Waals surface area contributed by atoms with Crippen molar-refractivity contribution >= 4 is 17.7 Å². The van der Waals surface area contributed by atoms with Gasteiger partial charge >= 0.3 is 0 Å². The molecule has 3 aromatic rings. The lowest BCUT2D eigenvalue weighted by Gasteiger charge is -2.57. The maximum absolute atomic E-state index is 13.4. The van der Waals surface area contributed by atoms with Gasteiger partial charge in [0.05, 0.1) is 11.8 Å². The number of aromatic nitrogens is 4. The van der Waals surface area contributed by atoms with Crippen LogP contribution in [-0.4, -0.2) is 36.4 Å². The number of carbonyl (C=O) groups is 1. The van der Waals surface area contributed by atoms with E-state index in [1.807, 2.05) is 43.5 Å². The van der Waals surface area contributed by atoms with Crippen LogP contribution < -0.4 is 5.32 Å². The van der Waals surface area contributed by atoms with Crippen molar-refractivity contribution in [3.63, 3.8) is 0 Å². The Hall–Kier alpha value is -2.67. The fourth-order valence-electron chi connectivity index (χ4n) is 6.83. The number of hydrogen-bond donors (Lipinski definition) is 1. The van der Waals surface area contributed by atoms with E-state index in [1.54, 1.807) is 6.20 Å². The number of benzene rings is 1. The van der Waals surface area contributed by atoms with Crippen LogP contribution in [0, 0.1) is 17.8 Å². The van der Waals surface area contributed by atoms with Gasteiger partial charge in [-0.15, -0.1) is 10.2 Å². The van der Waals surface area contributed by atoms with Crippen molar-refractivity contribution < 1.29 is 4.79 Å². The third-order valence-electron chi connectivity index (χ3n) is 7.90. The maximum atomic E-state index is 13.4. The molecule has 1 unspecified atom stereocenters. The summed E-state index contributed by atoms with van der Waals surface area (Å²) in [6.45, 7) is 2.63. The third kappa shape index (κ3) is 4.26. The van der Waals surface area contributed by atoms with Crippen LogP contribution in [0.1, 0.15) is 51.0 Å². The number of pyridine rings is 1. The first-order chi connectivity index (χ1) is 16.6. The molecule has 4 fully saturated rings. The molecule has 7 heteroatoms. The summed E-state index contributed by atoms with van der Waals surface area (Å²) >= 11 is 1.50. The fourth-order valence-corrected chi connectivity index (χ4v) is 7.68. The molecule has 6 nitrogen and oxygen atoms in total. The summed E-state index contributed by atoms with van der Waals surface area (Å²) < 4.78 is 2.10. The fraction of sp³-hybridized carbons (Fsp3) is 0.481. The Morgan fingerprint density at radius 2 is 1.76 bits per heavy atom. The highest BCUT2D eigenvalue weighted by Gasteiger charge is 2.51. The molecule has 1 aromatic carbocycles.